The van der Waals surface area contributed by atoms with Gasteiger partial charge < -0.3 is 10.4 Å². The fourth-order valence-electron chi connectivity index (χ4n) is 4.40. The Morgan fingerprint density at radius 2 is 1.77 bits per heavy atom. The Bertz CT molecular complexity index is 1490. The van der Waals surface area contributed by atoms with Gasteiger partial charge in [-0.1, -0.05) is 61.6 Å². The molecule has 3 aromatic carbocycles. The van der Waals surface area contributed by atoms with Gasteiger partial charge in [0.1, 0.15) is 5.82 Å². The van der Waals surface area contributed by atoms with E-state index in [4.69, 9.17) is 0 Å². The third-order valence-corrected chi connectivity index (χ3v) is 6.87. The van der Waals surface area contributed by atoms with Crippen LogP contribution in [0.4, 0.5) is 9.52 Å². The van der Waals surface area contributed by atoms with Crippen molar-refractivity contribution in [3.63, 3.8) is 0 Å². The number of benzene rings is 3. The molecule has 5 rings (SSSR count). The smallest absolute Gasteiger partial charge is 0.232 e. The molecule has 6 nitrogen and oxygen atoms in total. The highest BCUT2D eigenvalue weighted by atomic mass is 32.1. The summed E-state index contributed by atoms with van der Waals surface area (Å²) in [5, 5.41) is 18.3. The van der Waals surface area contributed by atoms with Crippen LogP contribution >= 0.6 is 11.3 Å². The summed E-state index contributed by atoms with van der Waals surface area (Å²) in [5.74, 6) is -0.773. The molecule has 0 saturated carbocycles. The molecule has 0 fully saturated rings. The molecule has 2 N–H and O–H groups in total. The zero-order valence-electron chi connectivity index (χ0n) is 19.1. The topological polar surface area (TPSA) is 80.0 Å². The van der Waals surface area contributed by atoms with Crippen molar-refractivity contribution in [2.45, 2.75) is 19.8 Å². The van der Waals surface area contributed by atoms with Crippen molar-refractivity contribution >= 4 is 33.3 Å². The van der Waals surface area contributed by atoms with Gasteiger partial charge in [-0.15, -0.1) is 0 Å². The number of hydrogen-bond donors (Lipinski definition) is 2. The SMILES string of the molecule is CC(C)(C(=O)Nc1ncc(O)s1)C(c1ccccc1)c1ccc2c(cnn2-c2ccc(F)cc2)c1. The molecule has 0 saturated heterocycles. The van der Waals surface area contributed by atoms with Gasteiger partial charge in [0.2, 0.25) is 5.91 Å². The first-order valence-electron chi connectivity index (χ1n) is 11.1. The van der Waals surface area contributed by atoms with Gasteiger partial charge in [-0.25, -0.2) is 14.1 Å². The Hall–Kier alpha value is -4.04. The second-order valence-corrected chi connectivity index (χ2v) is 9.88. The third-order valence-electron chi connectivity index (χ3n) is 6.15. The monoisotopic (exact) mass is 486 g/mol. The van der Waals surface area contributed by atoms with Crippen molar-refractivity contribution in [2.24, 2.45) is 5.41 Å². The van der Waals surface area contributed by atoms with Gasteiger partial charge in [0.05, 0.1) is 29.0 Å². The minimum Gasteiger partial charge on any atom is -0.498 e. The number of nitrogens with zero attached hydrogens (tertiary/aromatic N) is 3. The van der Waals surface area contributed by atoms with Gasteiger partial charge >= 0.3 is 0 Å². The molecule has 1 unspecified atom stereocenters. The molecule has 0 aliphatic rings. The Morgan fingerprint density at radius 1 is 1.03 bits per heavy atom. The number of halogens is 1. The summed E-state index contributed by atoms with van der Waals surface area (Å²) >= 11 is 1.02. The van der Waals surface area contributed by atoms with Crippen LogP contribution in [-0.4, -0.2) is 25.8 Å². The van der Waals surface area contributed by atoms with Gasteiger partial charge in [-0.2, -0.15) is 5.10 Å². The van der Waals surface area contributed by atoms with E-state index in [2.05, 4.69) is 15.4 Å². The number of carbonyl (C=O) groups excluding carboxylic acids is 1. The minimum atomic E-state index is -0.858. The molecule has 0 bridgehead atoms. The van der Waals surface area contributed by atoms with Gasteiger partial charge in [0.25, 0.3) is 0 Å². The van der Waals surface area contributed by atoms with E-state index in [9.17, 15) is 14.3 Å². The number of aromatic nitrogens is 3. The number of nitrogens with one attached hydrogen (secondary N) is 1. The normalized spacial score (nSPS) is 12.5. The van der Waals surface area contributed by atoms with E-state index in [0.29, 0.717) is 5.13 Å². The number of hydrogen-bond acceptors (Lipinski definition) is 5. The predicted octanol–water partition coefficient (Wildman–Crippen LogP) is 6.12. The van der Waals surface area contributed by atoms with E-state index >= 15 is 0 Å². The average Bonchev–Trinajstić information content (AvgIpc) is 3.46. The lowest BCUT2D eigenvalue weighted by Crippen LogP contribution is -2.37. The maximum atomic E-state index is 13.4. The molecular formula is C27H23FN4O2S. The lowest BCUT2D eigenvalue weighted by Gasteiger charge is -2.34. The van der Waals surface area contributed by atoms with Crippen LogP contribution in [0.2, 0.25) is 0 Å². The average molecular weight is 487 g/mol. The summed E-state index contributed by atoms with van der Waals surface area (Å²) in [6.45, 7) is 3.80. The lowest BCUT2D eigenvalue weighted by atomic mass is 9.70. The molecule has 8 heteroatoms. The van der Waals surface area contributed by atoms with E-state index in [1.54, 1.807) is 23.0 Å². The van der Waals surface area contributed by atoms with Crippen molar-refractivity contribution in [3.8, 4) is 10.8 Å². The molecule has 35 heavy (non-hydrogen) atoms. The van der Waals surface area contributed by atoms with Crippen LogP contribution in [0, 0.1) is 11.2 Å². The fourth-order valence-corrected chi connectivity index (χ4v) is 4.96. The standard InChI is InChI=1S/C27H23FN4O2S/c1-27(2,25(34)31-26-29-16-23(33)35-26)24(17-6-4-3-5-7-17)18-8-13-22-19(14-18)15-30-32(22)21-11-9-20(28)10-12-21/h3-16,24,33H,1-2H3,(H,29,31,34). The Morgan fingerprint density at radius 3 is 2.46 bits per heavy atom. The van der Waals surface area contributed by atoms with Crippen LogP contribution in [0.25, 0.3) is 16.6 Å². The first-order valence-corrected chi connectivity index (χ1v) is 11.9. The Kier molecular flexibility index (Phi) is 5.82. The fraction of sp³-hybridized carbons (Fsp3) is 0.148. The molecule has 0 radical (unpaired) electrons. The van der Waals surface area contributed by atoms with Crippen LogP contribution in [0.15, 0.2) is 85.2 Å². The molecule has 176 valence electrons. The van der Waals surface area contributed by atoms with E-state index < -0.39 is 5.41 Å². The zero-order valence-corrected chi connectivity index (χ0v) is 20.0. The van der Waals surface area contributed by atoms with Gasteiger partial charge in [-0.3, -0.25) is 4.79 Å². The van der Waals surface area contributed by atoms with E-state index in [1.165, 1.54) is 18.3 Å². The summed E-state index contributed by atoms with van der Waals surface area (Å²) < 4.78 is 15.1. The van der Waals surface area contributed by atoms with Gasteiger partial charge in [0.15, 0.2) is 10.2 Å². The maximum absolute atomic E-state index is 13.4. The zero-order chi connectivity index (χ0) is 24.6. The van der Waals surface area contributed by atoms with Crippen molar-refractivity contribution in [2.75, 3.05) is 5.32 Å². The summed E-state index contributed by atoms with van der Waals surface area (Å²) in [4.78, 5) is 17.5. The molecule has 0 spiro atoms. The first-order chi connectivity index (χ1) is 16.8. The van der Waals surface area contributed by atoms with Crippen molar-refractivity contribution < 1.29 is 14.3 Å². The predicted molar refractivity (Wildman–Crippen MR) is 136 cm³/mol. The molecular weight excluding hydrogens is 463 g/mol. The Balaban J connectivity index is 1.56. The van der Waals surface area contributed by atoms with Crippen LogP contribution in [-0.2, 0) is 4.79 Å². The Labute approximate surface area is 205 Å². The number of anilines is 1. The first kappa shape index (κ1) is 22.7. The van der Waals surface area contributed by atoms with E-state index in [1.807, 2.05) is 62.4 Å². The molecule has 1 atom stereocenters. The number of rotatable bonds is 6. The highest BCUT2D eigenvalue weighted by Crippen LogP contribution is 2.43. The lowest BCUT2D eigenvalue weighted by molar-refractivity contribution is -0.124. The number of amides is 1. The molecule has 2 heterocycles. The molecule has 5 aromatic rings. The maximum Gasteiger partial charge on any atom is 0.232 e. The van der Waals surface area contributed by atoms with Crippen LogP contribution in [0.5, 0.6) is 5.06 Å². The largest absolute Gasteiger partial charge is 0.498 e. The second-order valence-electron chi connectivity index (χ2n) is 8.87. The summed E-state index contributed by atoms with van der Waals surface area (Å²) in [7, 11) is 0. The minimum absolute atomic E-state index is 0.0429. The van der Waals surface area contributed by atoms with E-state index in [0.717, 1.165) is 39.1 Å². The summed E-state index contributed by atoms with van der Waals surface area (Å²) in [5.41, 5.74) is 2.75. The van der Waals surface area contributed by atoms with Crippen molar-refractivity contribution in [1.29, 1.82) is 0 Å². The number of aromatic hydroxyl groups is 1. The van der Waals surface area contributed by atoms with Gasteiger partial charge in [0, 0.05) is 11.3 Å². The van der Waals surface area contributed by atoms with Crippen LogP contribution in [0.1, 0.15) is 30.9 Å². The third kappa shape index (κ3) is 4.40. The number of thiazole rings is 1. The molecule has 2 aromatic heterocycles. The highest BCUT2D eigenvalue weighted by molar-refractivity contribution is 7.17. The van der Waals surface area contributed by atoms with Crippen molar-refractivity contribution in [3.05, 3.63) is 102 Å². The van der Waals surface area contributed by atoms with E-state index in [-0.39, 0.29) is 22.7 Å². The molecule has 1 amide bonds. The molecule has 0 aliphatic carbocycles. The number of carbonyl (C=O) groups is 1. The summed E-state index contributed by atoms with van der Waals surface area (Å²) in [6.07, 6.45) is 3.09. The van der Waals surface area contributed by atoms with Crippen molar-refractivity contribution in [1.82, 2.24) is 14.8 Å². The second kappa shape index (κ2) is 8.96. The van der Waals surface area contributed by atoms with Crippen LogP contribution < -0.4 is 5.32 Å². The highest BCUT2D eigenvalue weighted by Gasteiger charge is 2.39. The number of fused-ring (bicyclic) bond motifs is 1. The van der Waals surface area contributed by atoms with Gasteiger partial charge in [-0.05, 0) is 47.5 Å². The van der Waals surface area contributed by atoms with Crippen LogP contribution in [0.3, 0.4) is 0 Å². The summed E-state index contributed by atoms with van der Waals surface area (Å²) in [6, 6.07) is 22.1. The quantitative estimate of drug-likeness (QED) is 0.303. The molecule has 0 aliphatic heterocycles.